The van der Waals surface area contributed by atoms with Crippen molar-refractivity contribution < 1.29 is 0 Å². The predicted molar refractivity (Wildman–Crippen MR) is 146 cm³/mol. The molecule has 2 heterocycles. The lowest BCUT2D eigenvalue weighted by Crippen LogP contribution is -2.29. The Balaban J connectivity index is 2.20. The molecule has 2 aromatic rings. The molecule has 2 nitrogen and oxygen atoms in total. The fourth-order valence-corrected chi connectivity index (χ4v) is 10.5. The van der Waals surface area contributed by atoms with Crippen LogP contribution in [0.15, 0.2) is 59.1 Å². The minimum atomic E-state index is -1.40. The summed E-state index contributed by atoms with van der Waals surface area (Å²) < 4.78 is 0. The Morgan fingerprint density at radius 2 is 1.39 bits per heavy atom. The van der Waals surface area contributed by atoms with Gasteiger partial charge in [0.05, 0.1) is 13.2 Å². The summed E-state index contributed by atoms with van der Waals surface area (Å²) in [6.45, 7) is 22.1. The van der Waals surface area contributed by atoms with Crippen molar-refractivity contribution in [1.82, 2.24) is 9.97 Å². The van der Waals surface area contributed by atoms with Gasteiger partial charge in [-0.3, -0.25) is 0 Å². The molecule has 3 rings (SSSR count). The van der Waals surface area contributed by atoms with Crippen LogP contribution in [0, 0.1) is 0 Å². The van der Waals surface area contributed by atoms with Crippen LogP contribution in [0.25, 0.3) is 0 Å². The molecule has 1 unspecified atom stereocenters. The van der Waals surface area contributed by atoms with E-state index in [-0.39, 0.29) is 13.1 Å². The number of hydrogen-bond acceptors (Lipinski definition) is 0. The lowest BCUT2D eigenvalue weighted by atomic mass is 9.88. The lowest BCUT2D eigenvalue weighted by molar-refractivity contribution is 0.705. The Bertz CT molecular complexity index is 898. The zero-order chi connectivity index (χ0) is 23.2. The molecule has 1 atom stereocenters. The van der Waals surface area contributed by atoms with E-state index in [1.807, 2.05) is 0 Å². The van der Waals surface area contributed by atoms with Crippen molar-refractivity contribution in [2.24, 2.45) is 0 Å². The van der Waals surface area contributed by atoms with E-state index in [0.717, 1.165) is 6.42 Å². The van der Waals surface area contributed by atoms with Gasteiger partial charge in [-0.15, -0.1) is 9.24 Å². The molecule has 31 heavy (non-hydrogen) atoms. The summed E-state index contributed by atoms with van der Waals surface area (Å²) in [5.41, 5.74) is 5.62. The molecule has 0 radical (unpaired) electrons. The molecule has 5 heteroatoms. The van der Waals surface area contributed by atoms with Crippen molar-refractivity contribution >= 4 is 25.2 Å². The largest absolute Gasteiger partial charge is 0.364 e. The Hall–Kier alpha value is -0.883. The quantitative estimate of drug-likeness (QED) is 0.315. The van der Waals surface area contributed by atoms with Gasteiger partial charge in [0.15, 0.2) is 0 Å². The fraction of sp³-hybridized carbons (Fsp3) is 0.538. The van der Waals surface area contributed by atoms with E-state index < -0.39 is 8.07 Å². The molecule has 0 aliphatic heterocycles. The molecule has 0 amide bonds. The van der Waals surface area contributed by atoms with E-state index in [2.05, 4.69) is 123 Å². The fourth-order valence-electron chi connectivity index (χ4n) is 4.94. The first-order chi connectivity index (χ1) is 14.1. The summed E-state index contributed by atoms with van der Waals surface area (Å²) in [4.78, 5) is 7.10. The van der Waals surface area contributed by atoms with Crippen molar-refractivity contribution in [1.29, 1.82) is 0 Å². The molecule has 1 aliphatic rings. The highest BCUT2D eigenvalue weighted by atomic mass is 31.1. The summed E-state index contributed by atoms with van der Waals surface area (Å²) in [6, 6.07) is 8.72. The maximum Gasteiger partial charge on any atom is 0.0858 e. The topological polar surface area (TPSA) is 31.6 Å². The van der Waals surface area contributed by atoms with Gasteiger partial charge in [-0.2, -0.15) is 0 Å². The molecular formula is C26H42N2P2Si. The second-order valence-corrected chi connectivity index (χ2v) is 21.9. The highest BCUT2D eigenvalue weighted by Crippen LogP contribution is 2.62. The molecule has 0 spiro atoms. The minimum Gasteiger partial charge on any atom is -0.364 e. The number of rotatable bonds is 6. The number of nitrogens with one attached hydrogen (secondary N) is 2. The number of hydrogen-bond donors (Lipinski definition) is 2. The summed E-state index contributed by atoms with van der Waals surface area (Å²) in [6.07, 6.45) is 8.99. The first kappa shape index (κ1) is 24.8. The van der Waals surface area contributed by atoms with E-state index in [0.29, 0.717) is 10.3 Å². The standard InChI is InChI=1S/C26H42N2P2Si/c1-24(2,3)30(25(4,5)6)18-19-16-20(31(7,8)9)17-21(19)26(29,22-12-10-14-27-22)23-13-11-15-28-23/h10-16,27-28H,17-18,29H2,1-9H3. The average molecular weight is 473 g/mol. The molecule has 0 fully saturated rings. The van der Waals surface area contributed by atoms with Crippen LogP contribution < -0.4 is 0 Å². The Morgan fingerprint density at radius 1 is 0.903 bits per heavy atom. The number of aromatic nitrogens is 2. The van der Waals surface area contributed by atoms with Gasteiger partial charge in [0.2, 0.25) is 0 Å². The van der Waals surface area contributed by atoms with Gasteiger partial charge in [-0.1, -0.05) is 80.4 Å². The lowest BCUT2D eigenvalue weighted by Gasteiger charge is -2.42. The van der Waals surface area contributed by atoms with Gasteiger partial charge in [0.1, 0.15) is 0 Å². The first-order valence-electron chi connectivity index (χ1n) is 11.4. The molecule has 2 aromatic heterocycles. The van der Waals surface area contributed by atoms with Crippen molar-refractivity contribution in [2.75, 3.05) is 6.16 Å². The molecule has 0 aromatic carbocycles. The molecular weight excluding hydrogens is 430 g/mol. The smallest absolute Gasteiger partial charge is 0.0858 e. The van der Waals surface area contributed by atoms with Crippen LogP contribution in [0.2, 0.25) is 19.6 Å². The second kappa shape index (κ2) is 8.47. The van der Waals surface area contributed by atoms with Crippen LogP contribution in [0.1, 0.15) is 59.4 Å². The highest BCUT2D eigenvalue weighted by Gasteiger charge is 2.43. The van der Waals surface area contributed by atoms with Gasteiger partial charge >= 0.3 is 0 Å². The summed E-state index contributed by atoms with van der Waals surface area (Å²) >= 11 is 0. The normalized spacial score (nSPS) is 16.4. The molecule has 0 saturated carbocycles. The molecule has 2 N–H and O–H groups in total. The maximum atomic E-state index is 3.55. The second-order valence-electron chi connectivity index (χ2n) is 12.0. The molecule has 0 saturated heterocycles. The third kappa shape index (κ3) is 5.05. The van der Waals surface area contributed by atoms with Crippen LogP contribution >= 0.6 is 17.2 Å². The van der Waals surface area contributed by atoms with Crippen LogP contribution in [0.5, 0.6) is 0 Å². The Morgan fingerprint density at radius 3 is 1.74 bits per heavy atom. The van der Waals surface area contributed by atoms with Gasteiger partial charge in [-0.25, -0.2) is 0 Å². The van der Waals surface area contributed by atoms with Crippen molar-refractivity contribution in [3.63, 3.8) is 0 Å². The van der Waals surface area contributed by atoms with Crippen LogP contribution in [-0.2, 0) is 5.16 Å². The number of allylic oxidation sites excluding steroid dienone is 4. The Kier molecular flexibility index (Phi) is 6.77. The summed E-state index contributed by atoms with van der Waals surface area (Å²) in [5, 5.41) is 2.05. The third-order valence-electron chi connectivity index (χ3n) is 6.54. The van der Waals surface area contributed by atoms with Crippen molar-refractivity contribution in [3.05, 3.63) is 70.5 Å². The monoisotopic (exact) mass is 472 g/mol. The first-order valence-corrected chi connectivity index (χ1v) is 17.0. The van der Waals surface area contributed by atoms with Gasteiger partial charge < -0.3 is 9.97 Å². The zero-order valence-corrected chi connectivity index (χ0v) is 24.0. The number of H-pyrrole nitrogens is 2. The molecule has 0 bridgehead atoms. The SMILES string of the molecule is CC(C)(C)P(CC1=C(C(P)(c2ccc[nH]2)c2ccc[nH]2)CC([Si](C)(C)C)=C1)C(C)(C)C. The van der Waals surface area contributed by atoms with Crippen molar-refractivity contribution in [3.8, 4) is 0 Å². The Labute approximate surface area is 194 Å². The van der Waals surface area contributed by atoms with E-state index >= 15 is 0 Å². The average Bonchev–Trinajstić information content (AvgIpc) is 3.38. The zero-order valence-electron chi connectivity index (χ0n) is 21.0. The summed E-state index contributed by atoms with van der Waals surface area (Å²) in [7, 11) is 1.63. The minimum absolute atomic E-state index is 0.214. The van der Waals surface area contributed by atoms with Crippen LogP contribution in [0.3, 0.4) is 0 Å². The van der Waals surface area contributed by atoms with Crippen LogP contribution in [-0.4, -0.2) is 34.5 Å². The van der Waals surface area contributed by atoms with Crippen molar-refractivity contribution in [2.45, 2.75) is 83.1 Å². The van der Waals surface area contributed by atoms with E-state index in [9.17, 15) is 0 Å². The van der Waals surface area contributed by atoms with E-state index in [1.54, 1.807) is 16.3 Å². The summed E-state index contributed by atoms with van der Waals surface area (Å²) in [5.74, 6) is 0. The van der Waals surface area contributed by atoms with Crippen LogP contribution in [0.4, 0.5) is 0 Å². The van der Waals surface area contributed by atoms with Gasteiger partial charge in [-0.05, 0) is 58.3 Å². The maximum absolute atomic E-state index is 3.55. The highest BCUT2D eigenvalue weighted by molar-refractivity contribution is 7.61. The van der Waals surface area contributed by atoms with Gasteiger partial charge in [0, 0.05) is 23.8 Å². The number of aromatic amines is 2. The van der Waals surface area contributed by atoms with E-state index in [4.69, 9.17) is 0 Å². The van der Waals surface area contributed by atoms with Gasteiger partial charge in [0.25, 0.3) is 0 Å². The molecule has 170 valence electrons. The van der Waals surface area contributed by atoms with E-state index in [1.165, 1.54) is 17.5 Å². The predicted octanol–water partition coefficient (Wildman–Crippen LogP) is 8.04. The third-order valence-corrected chi connectivity index (χ3v) is 13.7. The molecule has 1 aliphatic carbocycles.